The van der Waals surface area contributed by atoms with E-state index in [9.17, 15) is 0 Å². The zero-order valence-corrected chi connectivity index (χ0v) is 26.3. The van der Waals surface area contributed by atoms with Gasteiger partial charge in [-0.3, -0.25) is 0 Å². The number of fused-ring (bicyclic) bond motifs is 7. The van der Waals surface area contributed by atoms with Crippen molar-refractivity contribution in [2.24, 2.45) is 0 Å². The maximum atomic E-state index is 6.59. The lowest BCUT2D eigenvalue weighted by Crippen LogP contribution is -2.30. The van der Waals surface area contributed by atoms with Gasteiger partial charge in [0.2, 0.25) is 0 Å². The summed E-state index contributed by atoms with van der Waals surface area (Å²) in [5.41, 5.74) is 11.1. The minimum atomic E-state index is -0.881. The number of benzene rings is 3. The molecule has 2 nitrogen and oxygen atoms in total. The van der Waals surface area contributed by atoms with Gasteiger partial charge in [-0.1, -0.05) is 85.5 Å². The van der Waals surface area contributed by atoms with Crippen molar-refractivity contribution in [2.45, 2.75) is 57.4 Å². The number of allylic oxidation sites excluding steroid dienone is 11. The Kier molecular flexibility index (Phi) is 6.16. The Morgan fingerprint density at radius 3 is 2.64 bits per heavy atom. The van der Waals surface area contributed by atoms with Crippen LogP contribution in [0.25, 0.3) is 17.2 Å². The number of hydrogen-bond acceptors (Lipinski definition) is 2. The Balaban J connectivity index is 1.12. The van der Waals surface area contributed by atoms with Crippen LogP contribution in [0.2, 0.25) is 6.55 Å². The Hall–Kier alpha value is -4.34. The zero-order chi connectivity index (χ0) is 29.2. The van der Waals surface area contributed by atoms with E-state index in [1.165, 1.54) is 71.5 Å². The molecule has 4 aliphatic carbocycles. The molecule has 0 aromatic heterocycles. The van der Waals surface area contributed by atoms with Crippen LogP contribution in [0.15, 0.2) is 131 Å². The largest absolute Gasteiger partial charge is 0.460 e. The summed E-state index contributed by atoms with van der Waals surface area (Å²) in [6.07, 6.45) is 24.5. The molecule has 0 N–H and O–H groups in total. The first-order chi connectivity index (χ1) is 21.7. The van der Waals surface area contributed by atoms with E-state index in [1.807, 2.05) is 0 Å². The molecular weight excluding hydrogens is 551 g/mol. The zero-order valence-electron chi connectivity index (χ0n) is 25.3. The van der Waals surface area contributed by atoms with E-state index in [-0.39, 0.29) is 0 Å². The van der Waals surface area contributed by atoms with Crippen LogP contribution in [-0.2, 0) is 0 Å². The average Bonchev–Trinajstić information content (AvgIpc) is 3.60. The minimum absolute atomic E-state index is 0.347. The van der Waals surface area contributed by atoms with Gasteiger partial charge in [-0.05, 0) is 113 Å². The van der Waals surface area contributed by atoms with E-state index in [4.69, 9.17) is 4.74 Å². The molecule has 3 heteroatoms. The van der Waals surface area contributed by atoms with Crippen LogP contribution in [0, 0.1) is 0 Å². The van der Waals surface area contributed by atoms with Crippen molar-refractivity contribution in [1.82, 2.24) is 0 Å². The molecule has 0 saturated heterocycles. The Morgan fingerprint density at radius 1 is 0.841 bits per heavy atom. The first-order valence-corrected chi connectivity index (χ1v) is 18.3. The molecule has 0 amide bonds. The maximum absolute atomic E-state index is 6.59. The molecule has 3 aromatic carbocycles. The van der Waals surface area contributed by atoms with E-state index in [0.29, 0.717) is 5.92 Å². The predicted octanol–water partition coefficient (Wildman–Crippen LogP) is 7.86. The van der Waals surface area contributed by atoms with Crippen LogP contribution in [0.5, 0.6) is 5.75 Å². The third-order valence-corrected chi connectivity index (χ3v) is 12.8. The Morgan fingerprint density at radius 2 is 1.75 bits per heavy atom. The van der Waals surface area contributed by atoms with Crippen LogP contribution in [0.3, 0.4) is 0 Å². The lowest BCUT2D eigenvalue weighted by molar-refractivity contribution is 0.428. The van der Waals surface area contributed by atoms with Gasteiger partial charge in [-0.2, -0.15) is 0 Å². The summed E-state index contributed by atoms with van der Waals surface area (Å²) in [6.45, 7) is 2.48. The normalized spacial score (nSPS) is 21.5. The Bertz CT molecular complexity index is 2050. The second-order valence-corrected chi connectivity index (χ2v) is 15.1. The smallest absolute Gasteiger partial charge is 0.130 e. The molecule has 1 unspecified atom stereocenters. The molecule has 0 saturated carbocycles. The van der Waals surface area contributed by atoms with Crippen molar-refractivity contribution >= 4 is 36.9 Å². The summed E-state index contributed by atoms with van der Waals surface area (Å²) >= 11 is 0. The van der Waals surface area contributed by atoms with E-state index in [0.717, 1.165) is 50.7 Å². The number of rotatable bonds is 4. The monoisotopic (exact) mass is 586 g/mol. The van der Waals surface area contributed by atoms with E-state index < -0.39 is 8.80 Å². The van der Waals surface area contributed by atoms with Gasteiger partial charge in [0.25, 0.3) is 0 Å². The second-order valence-electron chi connectivity index (χ2n) is 12.7. The SMILES string of the molecule is C[Si]1C2=CCC3C(=C2c2ccc(N(C4=CCCC=C4)C4=CC=C(C5=c6ccccc6=CCC5)CC4)cc21)Oc1ccccc13. The van der Waals surface area contributed by atoms with Crippen molar-refractivity contribution in [2.75, 3.05) is 4.90 Å². The predicted molar refractivity (Wildman–Crippen MR) is 184 cm³/mol. The second kappa shape index (κ2) is 10.4. The van der Waals surface area contributed by atoms with Gasteiger partial charge in [0, 0.05) is 34.1 Å². The third kappa shape index (κ3) is 4.06. The molecule has 215 valence electrons. The molecule has 0 bridgehead atoms. The summed E-state index contributed by atoms with van der Waals surface area (Å²) in [5.74, 6) is 2.57. The number of ether oxygens (including phenoxy) is 1. The summed E-state index contributed by atoms with van der Waals surface area (Å²) in [5, 5.41) is 5.88. The van der Waals surface area contributed by atoms with Gasteiger partial charge in [0.15, 0.2) is 0 Å². The first-order valence-electron chi connectivity index (χ1n) is 16.3. The molecule has 2 aliphatic heterocycles. The van der Waals surface area contributed by atoms with Crippen LogP contribution in [-0.4, -0.2) is 8.80 Å². The highest BCUT2D eigenvalue weighted by Crippen LogP contribution is 2.52. The molecule has 44 heavy (non-hydrogen) atoms. The van der Waals surface area contributed by atoms with Gasteiger partial charge < -0.3 is 9.64 Å². The van der Waals surface area contributed by atoms with Crippen LogP contribution >= 0.6 is 0 Å². The molecular formula is C41H36NOSi. The van der Waals surface area contributed by atoms with Crippen LogP contribution in [0.4, 0.5) is 5.69 Å². The number of para-hydroxylation sites is 1. The number of hydrogen-bond donors (Lipinski definition) is 0. The Labute approximate surface area is 261 Å². The molecule has 0 spiro atoms. The van der Waals surface area contributed by atoms with E-state index >= 15 is 0 Å². The summed E-state index contributed by atoms with van der Waals surface area (Å²) in [7, 11) is -0.881. The van der Waals surface area contributed by atoms with E-state index in [1.54, 1.807) is 0 Å². The molecule has 1 radical (unpaired) electrons. The fraction of sp³-hybridized carbons (Fsp3) is 0.220. The topological polar surface area (TPSA) is 12.5 Å². The van der Waals surface area contributed by atoms with Gasteiger partial charge in [0.1, 0.15) is 20.3 Å². The minimum Gasteiger partial charge on any atom is -0.460 e. The average molecular weight is 587 g/mol. The lowest BCUT2D eigenvalue weighted by Gasteiger charge is -2.32. The van der Waals surface area contributed by atoms with Gasteiger partial charge in [-0.15, -0.1) is 0 Å². The van der Waals surface area contributed by atoms with Gasteiger partial charge in [0.05, 0.1) is 0 Å². The third-order valence-electron chi connectivity index (χ3n) is 10.3. The molecule has 2 heterocycles. The van der Waals surface area contributed by atoms with Crippen molar-refractivity contribution in [3.63, 3.8) is 0 Å². The fourth-order valence-corrected chi connectivity index (χ4v) is 10.5. The number of anilines is 1. The fourth-order valence-electron chi connectivity index (χ4n) is 8.19. The van der Waals surface area contributed by atoms with Gasteiger partial charge in [-0.25, -0.2) is 0 Å². The summed E-state index contributed by atoms with van der Waals surface area (Å²) < 4.78 is 6.59. The standard InChI is InChI=1S/C41H36NOSi/c1-44-38-25-24-35-34-15-7-8-17-37(34)43-41(35)40(38)36-23-22-31(26-39(36)44)42(29-12-3-2-4-13-29)30-20-18-28(19-21-30)33-16-9-11-27-10-5-6-14-32(27)33/h3,5-8,10-15,17-18,20,22-23,25-26,35H,2,4,9,16,19,21,24H2,1H3. The van der Waals surface area contributed by atoms with Crippen molar-refractivity contribution in [3.05, 3.63) is 153 Å². The summed E-state index contributed by atoms with van der Waals surface area (Å²) in [6, 6.07) is 24.8. The highest BCUT2D eigenvalue weighted by molar-refractivity contribution is 6.84. The molecule has 3 aromatic rings. The van der Waals surface area contributed by atoms with Crippen molar-refractivity contribution in [3.8, 4) is 5.75 Å². The number of nitrogens with zero attached hydrogens (tertiary/aromatic N) is 1. The highest BCUT2D eigenvalue weighted by Gasteiger charge is 2.41. The lowest BCUT2D eigenvalue weighted by atomic mass is 9.87. The van der Waals surface area contributed by atoms with Crippen LogP contribution in [0.1, 0.15) is 62.0 Å². The quantitative estimate of drug-likeness (QED) is 0.289. The molecule has 1 atom stereocenters. The molecule has 9 rings (SSSR count). The van der Waals surface area contributed by atoms with Crippen molar-refractivity contribution in [1.29, 1.82) is 0 Å². The molecule has 0 fully saturated rings. The van der Waals surface area contributed by atoms with Crippen LogP contribution < -0.4 is 25.3 Å². The maximum Gasteiger partial charge on any atom is 0.130 e. The van der Waals surface area contributed by atoms with E-state index in [2.05, 4.69) is 121 Å². The van der Waals surface area contributed by atoms with Gasteiger partial charge >= 0.3 is 0 Å². The summed E-state index contributed by atoms with van der Waals surface area (Å²) in [4.78, 5) is 2.55. The first kappa shape index (κ1) is 26.1. The van der Waals surface area contributed by atoms with Crippen molar-refractivity contribution < 1.29 is 4.74 Å². The highest BCUT2D eigenvalue weighted by atomic mass is 28.3. The molecule has 6 aliphatic rings.